The Balaban J connectivity index is 1.62. The third-order valence-corrected chi connectivity index (χ3v) is 6.04. The average Bonchev–Trinajstić information content (AvgIpc) is 2.88. The van der Waals surface area contributed by atoms with E-state index in [1.807, 2.05) is 48.5 Å². The van der Waals surface area contributed by atoms with Crippen LogP contribution in [-0.2, 0) is 11.2 Å². The molecule has 1 heterocycles. The van der Waals surface area contributed by atoms with Crippen LogP contribution in [0.2, 0.25) is 0 Å². The van der Waals surface area contributed by atoms with Crippen LogP contribution in [0.15, 0.2) is 57.9 Å². The summed E-state index contributed by atoms with van der Waals surface area (Å²) in [6, 6.07) is 15.9. The Labute approximate surface area is 139 Å². The van der Waals surface area contributed by atoms with Crippen molar-refractivity contribution in [2.75, 3.05) is 5.75 Å². The zero-order valence-corrected chi connectivity index (χ0v) is 14.3. The number of thioether (sulfide) groups is 1. The number of halogens is 1. The van der Waals surface area contributed by atoms with Crippen molar-refractivity contribution in [3.05, 3.63) is 58.0 Å². The van der Waals surface area contributed by atoms with Gasteiger partial charge in [-0.25, -0.2) is 4.98 Å². The molecule has 0 saturated heterocycles. The Bertz CT molecular complexity index is 752. The Morgan fingerprint density at radius 1 is 1.14 bits per heavy atom. The lowest BCUT2D eigenvalue weighted by Gasteiger charge is -2.02. The molecule has 0 aliphatic heterocycles. The molecule has 0 radical (unpaired) electrons. The average molecular weight is 378 g/mol. The fourth-order valence-electron chi connectivity index (χ4n) is 1.94. The first-order valence-electron chi connectivity index (χ1n) is 6.46. The van der Waals surface area contributed by atoms with Crippen molar-refractivity contribution in [1.82, 2.24) is 4.98 Å². The smallest absolute Gasteiger partial charge is 0.149 e. The summed E-state index contributed by atoms with van der Waals surface area (Å²) in [7, 11) is 0. The number of para-hydroxylation sites is 1. The molecule has 0 fully saturated rings. The van der Waals surface area contributed by atoms with Crippen LogP contribution >= 0.6 is 39.0 Å². The summed E-state index contributed by atoms with van der Waals surface area (Å²) in [6.07, 6.45) is 0.413. The normalized spacial score (nSPS) is 10.9. The zero-order chi connectivity index (χ0) is 14.7. The fourth-order valence-corrected chi connectivity index (χ4v) is 4.36. The predicted octanol–water partition coefficient (Wildman–Crippen LogP) is 4.96. The number of Topliss-reactive ketones (excluding diaryl/α,β-unsaturated/α-hetero) is 1. The molecule has 3 rings (SSSR count). The lowest BCUT2D eigenvalue weighted by Crippen LogP contribution is -2.05. The third kappa shape index (κ3) is 3.73. The van der Waals surface area contributed by atoms with Gasteiger partial charge in [-0.05, 0) is 40.2 Å². The second kappa shape index (κ2) is 6.73. The van der Waals surface area contributed by atoms with E-state index in [0.717, 1.165) is 24.6 Å². The van der Waals surface area contributed by atoms with Gasteiger partial charge in [-0.15, -0.1) is 23.1 Å². The Hall–Kier alpha value is -1.17. The van der Waals surface area contributed by atoms with Crippen molar-refractivity contribution < 1.29 is 4.79 Å². The quantitative estimate of drug-likeness (QED) is 0.588. The number of rotatable bonds is 5. The number of fused-ring (bicyclic) bond motifs is 1. The lowest BCUT2D eigenvalue weighted by molar-refractivity contribution is -0.115. The van der Waals surface area contributed by atoms with Gasteiger partial charge in [-0.2, -0.15) is 0 Å². The van der Waals surface area contributed by atoms with Gasteiger partial charge >= 0.3 is 0 Å². The third-order valence-electron chi connectivity index (χ3n) is 2.91. The van der Waals surface area contributed by atoms with Gasteiger partial charge in [0.1, 0.15) is 10.8 Å². The van der Waals surface area contributed by atoms with E-state index in [-0.39, 0.29) is 5.78 Å². The minimum atomic E-state index is 0.204. The van der Waals surface area contributed by atoms with Crippen molar-refractivity contribution >= 4 is 55.0 Å². The van der Waals surface area contributed by atoms with E-state index < -0.39 is 0 Å². The summed E-state index contributed by atoms with van der Waals surface area (Å²) in [5.41, 5.74) is 0.976. The highest BCUT2D eigenvalue weighted by Crippen LogP contribution is 2.27. The van der Waals surface area contributed by atoms with Gasteiger partial charge in [-0.1, -0.05) is 24.3 Å². The molecule has 2 nitrogen and oxygen atoms in total. The monoisotopic (exact) mass is 377 g/mol. The van der Waals surface area contributed by atoms with Crippen LogP contribution in [0.5, 0.6) is 0 Å². The van der Waals surface area contributed by atoms with Gasteiger partial charge in [-0.3, -0.25) is 4.79 Å². The maximum atomic E-state index is 12.1. The number of aromatic nitrogens is 1. The van der Waals surface area contributed by atoms with Crippen LogP contribution in [0.4, 0.5) is 0 Å². The van der Waals surface area contributed by atoms with Crippen molar-refractivity contribution in [1.29, 1.82) is 0 Å². The zero-order valence-electron chi connectivity index (χ0n) is 11.1. The maximum Gasteiger partial charge on any atom is 0.149 e. The maximum absolute atomic E-state index is 12.1. The first-order chi connectivity index (χ1) is 10.2. The van der Waals surface area contributed by atoms with Gasteiger partial charge < -0.3 is 0 Å². The van der Waals surface area contributed by atoms with Crippen LogP contribution in [0.1, 0.15) is 5.01 Å². The van der Waals surface area contributed by atoms with Crippen LogP contribution < -0.4 is 0 Å². The molecule has 1 aromatic heterocycles. The summed E-state index contributed by atoms with van der Waals surface area (Å²) in [4.78, 5) is 17.7. The summed E-state index contributed by atoms with van der Waals surface area (Å²) >= 11 is 6.66. The molecule has 0 N–H and O–H groups in total. The van der Waals surface area contributed by atoms with Gasteiger partial charge in [0.25, 0.3) is 0 Å². The highest BCUT2D eigenvalue weighted by Gasteiger charge is 2.10. The molecule has 0 bridgehead atoms. The van der Waals surface area contributed by atoms with E-state index >= 15 is 0 Å². The van der Waals surface area contributed by atoms with E-state index in [2.05, 4.69) is 20.9 Å². The number of hydrogen-bond donors (Lipinski definition) is 0. The topological polar surface area (TPSA) is 30.0 Å². The van der Waals surface area contributed by atoms with E-state index in [1.165, 1.54) is 0 Å². The molecule has 21 heavy (non-hydrogen) atoms. The molecule has 5 heteroatoms. The molecule has 0 spiro atoms. The van der Waals surface area contributed by atoms with E-state index in [1.54, 1.807) is 23.1 Å². The minimum absolute atomic E-state index is 0.204. The van der Waals surface area contributed by atoms with Crippen LogP contribution in [-0.4, -0.2) is 16.5 Å². The number of ketones is 1. The number of thiazole rings is 1. The van der Waals surface area contributed by atoms with Crippen molar-refractivity contribution in [2.24, 2.45) is 0 Å². The van der Waals surface area contributed by atoms with Crippen molar-refractivity contribution in [3.8, 4) is 0 Å². The molecular formula is C16H12BrNOS2. The molecule has 0 aliphatic rings. The molecular weight excluding hydrogens is 366 g/mol. The van der Waals surface area contributed by atoms with Gasteiger partial charge in [0, 0.05) is 9.37 Å². The SMILES string of the molecule is O=C(CSc1ccccc1Br)Cc1nc2ccccc2s1. The predicted molar refractivity (Wildman–Crippen MR) is 93.2 cm³/mol. The summed E-state index contributed by atoms with van der Waals surface area (Å²) in [6.45, 7) is 0. The molecule has 0 saturated carbocycles. The van der Waals surface area contributed by atoms with Gasteiger partial charge in [0.05, 0.1) is 22.4 Å². The highest BCUT2D eigenvalue weighted by atomic mass is 79.9. The summed E-state index contributed by atoms with van der Waals surface area (Å²) < 4.78 is 2.17. The highest BCUT2D eigenvalue weighted by molar-refractivity contribution is 9.10. The standard InChI is InChI=1S/C16H12BrNOS2/c17-12-5-1-3-7-14(12)20-10-11(19)9-16-18-13-6-2-4-8-15(13)21-16/h1-8H,9-10H2. The first kappa shape index (κ1) is 14.8. The van der Waals surface area contributed by atoms with Crippen molar-refractivity contribution in [2.45, 2.75) is 11.3 Å². The number of carbonyl (C=O) groups excluding carboxylic acids is 1. The minimum Gasteiger partial charge on any atom is -0.298 e. The lowest BCUT2D eigenvalue weighted by atomic mass is 10.3. The molecule has 0 aliphatic carbocycles. The van der Waals surface area contributed by atoms with E-state index in [0.29, 0.717) is 12.2 Å². The van der Waals surface area contributed by atoms with Gasteiger partial charge in [0.15, 0.2) is 0 Å². The number of hydrogen-bond acceptors (Lipinski definition) is 4. The largest absolute Gasteiger partial charge is 0.298 e. The van der Waals surface area contributed by atoms with Gasteiger partial charge in [0.2, 0.25) is 0 Å². The Kier molecular flexibility index (Phi) is 4.73. The molecule has 3 aromatic rings. The molecule has 0 atom stereocenters. The summed E-state index contributed by atoms with van der Waals surface area (Å²) in [5, 5.41) is 0.897. The molecule has 0 amide bonds. The second-order valence-electron chi connectivity index (χ2n) is 4.51. The van der Waals surface area contributed by atoms with Crippen LogP contribution in [0, 0.1) is 0 Å². The van der Waals surface area contributed by atoms with Crippen LogP contribution in [0.25, 0.3) is 10.2 Å². The first-order valence-corrected chi connectivity index (χ1v) is 9.05. The van der Waals surface area contributed by atoms with Crippen LogP contribution in [0.3, 0.4) is 0 Å². The van der Waals surface area contributed by atoms with Crippen molar-refractivity contribution in [3.63, 3.8) is 0 Å². The Morgan fingerprint density at radius 2 is 1.90 bits per heavy atom. The molecule has 106 valence electrons. The number of carbonyl (C=O) groups is 1. The second-order valence-corrected chi connectivity index (χ2v) is 7.50. The van der Waals surface area contributed by atoms with E-state index in [9.17, 15) is 4.79 Å². The molecule has 2 aromatic carbocycles. The Morgan fingerprint density at radius 3 is 2.71 bits per heavy atom. The summed E-state index contributed by atoms with van der Waals surface area (Å²) in [5.74, 6) is 0.674. The molecule has 0 unspecified atom stereocenters. The van der Waals surface area contributed by atoms with E-state index in [4.69, 9.17) is 0 Å². The number of benzene rings is 2. The fraction of sp³-hybridized carbons (Fsp3) is 0.125. The number of nitrogens with zero attached hydrogens (tertiary/aromatic N) is 1.